The van der Waals surface area contributed by atoms with E-state index in [0.717, 1.165) is 16.4 Å². The molecule has 0 atom stereocenters. The summed E-state index contributed by atoms with van der Waals surface area (Å²) in [5.74, 6) is 0.00310. The van der Waals surface area contributed by atoms with Crippen molar-refractivity contribution in [1.29, 1.82) is 0 Å². The molecule has 5 heteroatoms. The number of rotatable bonds is 4. The number of aromatic nitrogens is 1. The molecule has 1 aliphatic carbocycles. The van der Waals surface area contributed by atoms with Gasteiger partial charge in [-0.3, -0.25) is 9.78 Å². The molecule has 1 N–H and O–H groups in total. The Kier molecular flexibility index (Phi) is 3.75. The molecule has 86 valence electrons. The largest absolute Gasteiger partial charge is 0.395 e. The van der Waals surface area contributed by atoms with Crippen LogP contribution < -0.4 is 0 Å². The van der Waals surface area contributed by atoms with Gasteiger partial charge in [0.25, 0.3) is 5.91 Å². The summed E-state index contributed by atoms with van der Waals surface area (Å²) in [4.78, 5) is 17.9. The van der Waals surface area contributed by atoms with Crippen LogP contribution in [0.2, 0.25) is 0 Å². The second-order valence-corrected chi connectivity index (χ2v) is 4.97. The standard InChI is InChI=1S/C11H13IN2O2/c12-10-7-13-4-3-9(10)11(16)14(5-6-15)8-1-2-8/h3-4,7-8,15H,1-2,5-6H2. The Bertz CT molecular complexity index is 393. The molecule has 1 saturated carbocycles. The van der Waals surface area contributed by atoms with Crippen molar-refractivity contribution >= 4 is 28.5 Å². The van der Waals surface area contributed by atoms with Gasteiger partial charge >= 0.3 is 0 Å². The first-order valence-electron chi connectivity index (χ1n) is 5.25. The zero-order valence-electron chi connectivity index (χ0n) is 8.77. The van der Waals surface area contributed by atoms with Crippen LogP contribution in [0.1, 0.15) is 23.2 Å². The highest BCUT2D eigenvalue weighted by atomic mass is 127. The van der Waals surface area contributed by atoms with Crippen LogP contribution >= 0.6 is 22.6 Å². The summed E-state index contributed by atoms with van der Waals surface area (Å²) in [6, 6.07) is 2.06. The predicted molar refractivity (Wildman–Crippen MR) is 68.1 cm³/mol. The van der Waals surface area contributed by atoms with Crippen LogP contribution in [0.3, 0.4) is 0 Å². The molecule has 1 fully saturated rings. The van der Waals surface area contributed by atoms with E-state index in [9.17, 15) is 4.79 Å². The fraction of sp³-hybridized carbons (Fsp3) is 0.455. The zero-order chi connectivity index (χ0) is 11.5. The minimum absolute atomic E-state index is 0.00310. The molecular formula is C11H13IN2O2. The van der Waals surface area contributed by atoms with Crippen molar-refractivity contribution < 1.29 is 9.90 Å². The topological polar surface area (TPSA) is 53.4 Å². The number of carbonyl (C=O) groups is 1. The number of halogens is 1. The van der Waals surface area contributed by atoms with E-state index < -0.39 is 0 Å². The number of aliphatic hydroxyl groups is 1. The van der Waals surface area contributed by atoms with E-state index in [1.807, 2.05) is 0 Å². The minimum Gasteiger partial charge on any atom is -0.395 e. The molecule has 0 radical (unpaired) electrons. The first-order chi connectivity index (χ1) is 7.74. The maximum absolute atomic E-state index is 12.2. The number of amides is 1. The van der Waals surface area contributed by atoms with Gasteiger partial charge in [-0.15, -0.1) is 0 Å². The highest BCUT2D eigenvalue weighted by Crippen LogP contribution is 2.28. The summed E-state index contributed by atoms with van der Waals surface area (Å²) >= 11 is 2.11. The van der Waals surface area contributed by atoms with E-state index in [1.54, 1.807) is 23.4 Å². The molecule has 1 amide bonds. The van der Waals surface area contributed by atoms with Crippen LogP contribution in [0, 0.1) is 3.57 Å². The van der Waals surface area contributed by atoms with Crippen LogP contribution in [0.15, 0.2) is 18.5 Å². The van der Waals surface area contributed by atoms with Crippen LogP contribution in [0.4, 0.5) is 0 Å². The van der Waals surface area contributed by atoms with E-state index in [2.05, 4.69) is 27.6 Å². The monoisotopic (exact) mass is 332 g/mol. The highest BCUT2D eigenvalue weighted by Gasteiger charge is 2.33. The Morgan fingerprint density at radius 2 is 2.38 bits per heavy atom. The first kappa shape index (κ1) is 11.8. The van der Waals surface area contributed by atoms with Gasteiger partial charge in [-0.25, -0.2) is 0 Å². The van der Waals surface area contributed by atoms with Gasteiger partial charge in [0.15, 0.2) is 0 Å². The van der Waals surface area contributed by atoms with Crippen molar-refractivity contribution in [3.8, 4) is 0 Å². The Morgan fingerprint density at radius 3 is 2.94 bits per heavy atom. The first-order valence-corrected chi connectivity index (χ1v) is 6.33. The molecule has 1 aliphatic rings. The summed E-state index contributed by atoms with van der Waals surface area (Å²) in [6.07, 6.45) is 5.40. The second-order valence-electron chi connectivity index (χ2n) is 3.81. The fourth-order valence-electron chi connectivity index (χ4n) is 1.65. The molecule has 16 heavy (non-hydrogen) atoms. The average Bonchev–Trinajstić information content (AvgIpc) is 3.09. The number of carbonyl (C=O) groups excluding carboxylic acids is 1. The maximum Gasteiger partial charge on any atom is 0.255 e. The molecule has 0 saturated heterocycles. The summed E-state index contributed by atoms with van der Waals surface area (Å²) in [5.41, 5.74) is 0.677. The summed E-state index contributed by atoms with van der Waals surface area (Å²) < 4.78 is 0.855. The van der Waals surface area contributed by atoms with Crippen molar-refractivity contribution in [2.75, 3.05) is 13.2 Å². The molecule has 1 aromatic rings. The van der Waals surface area contributed by atoms with E-state index in [4.69, 9.17) is 5.11 Å². The van der Waals surface area contributed by atoms with E-state index in [0.29, 0.717) is 18.2 Å². The summed E-state index contributed by atoms with van der Waals surface area (Å²) in [6.45, 7) is 0.436. The van der Waals surface area contributed by atoms with Crippen LogP contribution in [-0.2, 0) is 0 Å². The van der Waals surface area contributed by atoms with Crippen LogP contribution in [-0.4, -0.2) is 40.1 Å². The van der Waals surface area contributed by atoms with Crippen LogP contribution in [0.5, 0.6) is 0 Å². The average molecular weight is 332 g/mol. The highest BCUT2D eigenvalue weighted by molar-refractivity contribution is 14.1. The lowest BCUT2D eigenvalue weighted by Gasteiger charge is -2.21. The molecule has 0 bridgehead atoms. The van der Waals surface area contributed by atoms with E-state index >= 15 is 0 Å². The number of nitrogens with zero attached hydrogens (tertiary/aromatic N) is 2. The Balaban J connectivity index is 2.19. The molecule has 2 rings (SSSR count). The van der Waals surface area contributed by atoms with Crippen molar-refractivity contribution in [2.45, 2.75) is 18.9 Å². The third-order valence-electron chi connectivity index (χ3n) is 2.59. The zero-order valence-corrected chi connectivity index (χ0v) is 10.9. The molecule has 1 heterocycles. The molecular weight excluding hydrogens is 319 g/mol. The Morgan fingerprint density at radius 1 is 1.62 bits per heavy atom. The van der Waals surface area contributed by atoms with Gasteiger partial charge in [-0.05, 0) is 41.5 Å². The molecule has 0 unspecified atom stereocenters. The summed E-state index contributed by atoms with van der Waals surface area (Å²) in [7, 11) is 0. The lowest BCUT2D eigenvalue weighted by Crippen LogP contribution is -2.35. The SMILES string of the molecule is O=C(c1ccncc1I)N(CCO)C1CC1. The second kappa shape index (κ2) is 5.09. The third-order valence-corrected chi connectivity index (χ3v) is 3.45. The minimum atomic E-state index is 0.00310. The Hall–Kier alpha value is -0.690. The molecule has 0 spiro atoms. The van der Waals surface area contributed by atoms with Gasteiger partial charge in [0, 0.05) is 28.6 Å². The predicted octanol–water partition coefficient (Wildman–Crippen LogP) is 1.28. The van der Waals surface area contributed by atoms with Gasteiger partial charge in [-0.1, -0.05) is 0 Å². The smallest absolute Gasteiger partial charge is 0.255 e. The van der Waals surface area contributed by atoms with E-state index in [1.165, 1.54) is 0 Å². The molecule has 0 aromatic carbocycles. The number of pyridine rings is 1. The fourth-order valence-corrected chi connectivity index (χ4v) is 2.22. The van der Waals surface area contributed by atoms with Crippen molar-refractivity contribution in [1.82, 2.24) is 9.88 Å². The van der Waals surface area contributed by atoms with Gasteiger partial charge < -0.3 is 10.0 Å². The van der Waals surface area contributed by atoms with E-state index in [-0.39, 0.29) is 12.5 Å². The van der Waals surface area contributed by atoms with Gasteiger partial charge in [0.2, 0.25) is 0 Å². The maximum atomic E-state index is 12.2. The van der Waals surface area contributed by atoms with Gasteiger partial charge in [0.1, 0.15) is 0 Å². The van der Waals surface area contributed by atoms with Crippen molar-refractivity contribution in [3.05, 3.63) is 27.6 Å². The molecule has 1 aromatic heterocycles. The number of hydrogen-bond acceptors (Lipinski definition) is 3. The number of hydrogen-bond donors (Lipinski definition) is 1. The quantitative estimate of drug-likeness (QED) is 0.846. The van der Waals surface area contributed by atoms with Gasteiger partial charge in [-0.2, -0.15) is 0 Å². The van der Waals surface area contributed by atoms with Gasteiger partial charge in [0.05, 0.1) is 12.2 Å². The normalized spacial score (nSPS) is 14.9. The molecule has 4 nitrogen and oxygen atoms in total. The third kappa shape index (κ3) is 2.52. The Labute approximate surface area is 108 Å². The molecule has 0 aliphatic heterocycles. The summed E-state index contributed by atoms with van der Waals surface area (Å²) in [5, 5.41) is 8.97. The lowest BCUT2D eigenvalue weighted by atomic mass is 10.2. The van der Waals surface area contributed by atoms with Crippen molar-refractivity contribution in [2.24, 2.45) is 0 Å². The van der Waals surface area contributed by atoms with Crippen LogP contribution in [0.25, 0.3) is 0 Å². The number of aliphatic hydroxyl groups excluding tert-OH is 1. The van der Waals surface area contributed by atoms with Crippen molar-refractivity contribution in [3.63, 3.8) is 0 Å². The lowest BCUT2D eigenvalue weighted by molar-refractivity contribution is 0.0706.